The third kappa shape index (κ3) is 31.2. The zero-order chi connectivity index (χ0) is 72.0. The SMILES string of the molecule is CC[C@H](C)CCCCC(=O)N[C@@H](CCN)C(=O)N[C@H](C(=O)N[C@@H](CCN)C(=O)N[C@H]1CCNC(=O)[C@H]([C@@H](C)O)NC(=O)[C@H](CCN)NC(=O)[C@H](CCN)NC(=O)[C@H](CC(C)C)NC(=O)[C@@H](Cc2ccccc2)NC(=O)[C@H](CCN)NC1=O)[C@@H](C)OC(=O)[C@@H](N)CCCN=C(N)N. The summed E-state index contributed by atoms with van der Waals surface area (Å²) in [5.41, 5.74) is 47.2. The van der Waals surface area contributed by atoms with Crippen molar-refractivity contribution in [1.82, 2.24) is 58.5 Å². The predicted molar refractivity (Wildman–Crippen MR) is 358 cm³/mol. The molecule has 1 aromatic carbocycles. The van der Waals surface area contributed by atoms with Crippen molar-refractivity contribution in [2.45, 2.75) is 217 Å². The number of nitrogens with zero attached hydrogens (tertiary/aromatic N) is 1. The van der Waals surface area contributed by atoms with Crippen molar-refractivity contribution in [3.63, 3.8) is 0 Å². The Morgan fingerprint density at radius 3 is 1.66 bits per heavy atom. The van der Waals surface area contributed by atoms with E-state index in [9.17, 15) is 62.6 Å². The van der Waals surface area contributed by atoms with E-state index in [1.165, 1.54) is 13.8 Å². The minimum Gasteiger partial charge on any atom is -0.459 e. The number of rotatable bonds is 35. The maximum absolute atomic E-state index is 14.8. The second-order valence-electron chi connectivity index (χ2n) is 24.5. The van der Waals surface area contributed by atoms with E-state index in [2.05, 4.69) is 77.3 Å². The lowest BCUT2D eigenvalue weighted by atomic mass is 10.00. The van der Waals surface area contributed by atoms with Crippen LogP contribution >= 0.6 is 0 Å². The minimum atomic E-state index is -1.82. The van der Waals surface area contributed by atoms with Crippen LogP contribution in [0.25, 0.3) is 0 Å². The van der Waals surface area contributed by atoms with Gasteiger partial charge in [-0.25, -0.2) is 0 Å². The Morgan fingerprint density at radius 2 is 1.12 bits per heavy atom. The van der Waals surface area contributed by atoms with Gasteiger partial charge >= 0.3 is 5.97 Å². The number of hydrogen-bond donors (Lipinski definition) is 20. The molecule has 0 saturated carbocycles. The summed E-state index contributed by atoms with van der Waals surface area (Å²) in [6.45, 7) is 8.88. The lowest BCUT2D eigenvalue weighted by molar-refractivity contribution is -0.154. The van der Waals surface area contributed by atoms with Gasteiger partial charge in [-0.1, -0.05) is 77.3 Å². The fourth-order valence-electron chi connectivity index (χ4n) is 10.1. The summed E-state index contributed by atoms with van der Waals surface area (Å²) in [6.07, 6.45) is -1.33. The molecule has 11 amide bonds. The first-order chi connectivity index (χ1) is 45.5. The van der Waals surface area contributed by atoms with E-state index in [4.69, 9.17) is 50.6 Å². The van der Waals surface area contributed by atoms with Crippen molar-refractivity contribution in [2.24, 2.45) is 62.7 Å². The van der Waals surface area contributed by atoms with Crippen LogP contribution < -0.4 is 104 Å². The van der Waals surface area contributed by atoms with Gasteiger partial charge in [0.15, 0.2) is 5.96 Å². The molecule has 1 aromatic rings. The molecule has 1 fully saturated rings. The van der Waals surface area contributed by atoms with Crippen LogP contribution in [0.15, 0.2) is 35.3 Å². The van der Waals surface area contributed by atoms with Gasteiger partial charge in [0, 0.05) is 25.9 Å². The molecule has 1 aliphatic heterocycles. The largest absolute Gasteiger partial charge is 0.459 e. The number of guanidine groups is 1. The summed E-state index contributed by atoms with van der Waals surface area (Å²) in [7, 11) is 0. The molecule has 14 atom stereocenters. The van der Waals surface area contributed by atoms with E-state index in [0.717, 1.165) is 19.3 Å². The normalized spacial score (nSPS) is 21.8. The number of benzene rings is 1. The number of amides is 11. The van der Waals surface area contributed by atoms with Gasteiger partial charge in [0.25, 0.3) is 0 Å². The van der Waals surface area contributed by atoms with Crippen LogP contribution in [0.4, 0.5) is 0 Å². The predicted octanol–water partition coefficient (Wildman–Crippen LogP) is -6.31. The molecule has 96 heavy (non-hydrogen) atoms. The molecule has 0 spiro atoms. The first-order valence-electron chi connectivity index (χ1n) is 33.1. The summed E-state index contributed by atoms with van der Waals surface area (Å²) >= 11 is 0. The van der Waals surface area contributed by atoms with Gasteiger partial charge in [0.1, 0.15) is 72.6 Å². The summed E-state index contributed by atoms with van der Waals surface area (Å²) in [4.78, 5) is 174. The zero-order valence-electron chi connectivity index (χ0n) is 56.4. The summed E-state index contributed by atoms with van der Waals surface area (Å²) in [5.74, 6) is -11.1. The van der Waals surface area contributed by atoms with Gasteiger partial charge in [-0.05, 0) is 128 Å². The van der Waals surface area contributed by atoms with E-state index in [1.54, 1.807) is 44.2 Å². The average molecular weight is 1360 g/mol. The quantitative estimate of drug-likeness (QED) is 0.0130. The smallest absolute Gasteiger partial charge is 0.323 e. The molecule has 1 aliphatic rings. The average Bonchev–Trinajstić information content (AvgIpc) is 1.23. The highest BCUT2D eigenvalue weighted by Crippen LogP contribution is 2.15. The Kier molecular flexibility index (Phi) is 39.6. The molecule has 0 aromatic heterocycles. The number of esters is 1. The Labute approximate surface area is 561 Å². The molecule has 0 bridgehead atoms. The Balaban J connectivity index is 2.80. The Bertz CT molecular complexity index is 2690. The van der Waals surface area contributed by atoms with Crippen LogP contribution in [-0.4, -0.2) is 206 Å². The molecule has 2 rings (SSSR count). The van der Waals surface area contributed by atoms with E-state index < -0.39 is 163 Å². The van der Waals surface area contributed by atoms with Crippen LogP contribution in [0, 0.1) is 11.8 Å². The topological polar surface area (TPSA) is 587 Å². The minimum absolute atomic E-state index is 0.0249. The third-order valence-corrected chi connectivity index (χ3v) is 15.8. The first-order valence-corrected chi connectivity index (χ1v) is 33.1. The molecular formula is C62H110N20O14. The molecule has 0 aliphatic carbocycles. The molecular weight excluding hydrogens is 1250 g/mol. The maximum atomic E-state index is 14.8. The summed E-state index contributed by atoms with van der Waals surface area (Å²) in [6, 6.07) is -8.15. The van der Waals surface area contributed by atoms with Crippen LogP contribution in [-0.2, 0) is 68.7 Å². The summed E-state index contributed by atoms with van der Waals surface area (Å²) in [5, 5.41) is 39.2. The second-order valence-corrected chi connectivity index (χ2v) is 24.5. The van der Waals surface area contributed by atoms with Crippen LogP contribution in [0.1, 0.15) is 137 Å². The molecule has 1 heterocycles. The number of ether oxygens (including phenoxy) is 1. The molecule has 0 radical (unpaired) electrons. The zero-order valence-corrected chi connectivity index (χ0v) is 56.4. The fraction of sp³-hybridized carbons (Fsp3) is 0.694. The highest BCUT2D eigenvalue weighted by atomic mass is 16.5. The van der Waals surface area contributed by atoms with Crippen molar-refractivity contribution in [1.29, 1.82) is 0 Å². The highest BCUT2D eigenvalue weighted by molar-refractivity contribution is 5.99. The third-order valence-electron chi connectivity index (χ3n) is 15.8. The van der Waals surface area contributed by atoms with Crippen molar-refractivity contribution >= 4 is 76.9 Å². The van der Waals surface area contributed by atoms with Gasteiger partial charge in [-0.3, -0.25) is 62.5 Å². The van der Waals surface area contributed by atoms with Gasteiger partial charge in [0.2, 0.25) is 65.0 Å². The van der Waals surface area contributed by atoms with E-state index >= 15 is 0 Å². The molecule has 1 saturated heterocycles. The van der Waals surface area contributed by atoms with E-state index in [1.807, 2.05) is 0 Å². The number of aliphatic hydroxyl groups excluding tert-OH is 1. The van der Waals surface area contributed by atoms with E-state index in [0.29, 0.717) is 17.9 Å². The van der Waals surface area contributed by atoms with Crippen LogP contribution in [0.3, 0.4) is 0 Å². The number of aliphatic hydroxyl groups is 1. The van der Waals surface area contributed by atoms with Crippen molar-refractivity contribution < 1.29 is 67.4 Å². The fourth-order valence-corrected chi connectivity index (χ4v) is 10.1. The Morgan fingerprint density at radius 1 is 0.604 bits per heavy atom. The summed E-state index contributed by atoms with van der Waals surface area (Å²) < 4.78 is 5.64. The van der Waals surface area contributed by atoms with Gasteiger partial charge in [-0.2, -0.15) is 0 Å². The van der Waals surface area contributed by atoms with Gasteiger partial charge in [-0.15, -0.1) is 0 Å². The lowest BCUT2D eigenvalue weighted by Crippen LogP contribution is -2.62. The molecule has 34 nitrogen and oxygen atoms in total. The molecule has 0 unspecified atom stereocenters. The number of nitrogens with two attached hydrogens (primary N) is 8. The van der Waals surface area contributed by atoms with E-state index in [-0.39, 0.29) is 115 Å². The van der Waals surface area contributed by atoms with Crippen LogP contribution in [0.5, 0.6) is 0 Å². The number of nitrogens with one attached hydrogen (secondary N) is 11. The molecule has 34 heteroatoms. The number of carbonyl (C=O) groups is 12. The number of unbranched alkanes of at least 4 members (excludes halogenated alkanes) is 1. The molecule has 28 N–H and O–H groups in total. The molecule has 542 valence electrons. The first kappa shape index (κ1) is 83.9. The number of aliphatic imine (C=N–C) groups is 1. The standard InChI is InChI=1S/C62H110N20O14/c1-7-35(4)14-11-12-18-48(84)73-40(19-25-63)55(89)82-50(37(6)96-61(95)39(68)17-13-30-72-62(69)70)60(94)78-43(22-28-66)52(86)77-45-24-31-71-59(93)49(36(5)83)81-56(90)44(23-29-67)75-51(85)41(20-26-64)76-57(91)46(32-34(2)3)79-58(92)47(33-38-15-9-8-10-16-38)80-53(87)42(21-27-65)74-54(45)88/h8-10,15-16,34-37,39-47,49-50,83H,7,11-14,17-33,63-68H2,1-6H3,(H,71,93)(H,73,84)(H,74,88)(H,75,85)(H,76,91)(H,77,86)(H,78,94)(H,79,92)(H,80,87)(H,81,90)(H,82,89)(H4,69,70,72)/t35-,36+,37+,39-,40-,41-,42-,43-,44-,45-,46-,47+,49-,50-/m0/s1. The van der Waals surface area contributed by atoms with Crippen molar-refractivity contribution in [2.75, 3.05) is 45.8 Å². The monoisotopic (exact) mass is 1360 g/mol. The highest BCUT2D eigenvalue weighted by Gasteiger charge is 2.39. The number of carbonyl (C=O) groups excluding carboxylic acids is 12. The maximum Gasteiger partial charge on any atom is 0.323 e. The van der Waals surface area contributed by atoms with Crippen molar-refractivity contribution in [3.05, 3.63) is 35.9 Å². The number of hydrogen-bond acceptors (Lipinski definition) is 21. The van der Waals surface area contributed by atoms with Crippen LogP contribution in [0.2, 0.25) is 0 Å². The second kappa shape index (κ2) is 45.3. The van der Waals surface area contributed by atoms with Gasteiger partial charge in [0.05, 0.1) is 6.10 Å². The Hall–Kier alpha value is -8.15. The van der Waals surface area contributed by atoms with Gasteiger partial charge < -0.3 is 114 Å². The lowest BCUT2D eigenvalue weighted by Gasteiger charge is -2.30. The van der Waals surface area contributed by atoms with Crippen molar-refractivity contribution in [3.8, 4) is 0 Å².